The molecule has 0 saturated carbocycles. The Hall–Kier alpha value is -1.29. The monoisotopic (exact) mass is 317 g/mol. The average molecular weight is 317 g/mol. The van der Waals surface area contributed by atoms with Gasteiger partial charge in [0.1, 0.15) is 4.21 Å². The maximum atomic E-state index is 11.2. The third kappa shape index (κ3) is 3.18. The number of nitrogens with two attached hydrogens (primary N) is 1. The summed E-state index contributed by atoms with van der Waals surface area (Å²) in [5, 5.41) is 8.16. The first-order valence-corrected chi connectivity index (χ1v) is 8.33. The molecule has 9 heteroatoms. The lowest BCUT2D eigenvalue weighted by Gasteiger charge is -1.93. The predicted octanol–water partition coefficient (Wildman–Crippen LogP) is 1.79. The first-order valence-electron chi connectivity index (χ1n) is 5.15. The van der Waals surface area contributed by atoms with E-state index in [4.69, 9.17) is 5.14 Å². The summed E-state index contributed by atoms with van der Waals surface area (Å²) in [4.78, 5) is 16.8. The number of nitrogens with one attached hydrogen (secondary N) is 1. The van der Waals surface area contributed by atoms with Crippen LogP contribution in [0.5, 0.6) is 0 Å². The number of amides is 1. The van der Waals surface area contributed by atoms with E-state index in [1.807, 2.05) is 0 Å². The lowest BCUT2D eigenvalue weighted by molar-refractivity contribution is -0.114. The molecule has 0 unspecified atom stereocenters. The summed E-state index contributed by atoms with van der Waals surface area (Å²) in [5.41, 5.74) is 0.733. The number of thiophene rings is 1. The number of aryl methyl sites for hydroxylation is 1. The molecule has 1 amide bonds. The maximum absolute atomic E-state index is 11.2. The molecule has 0 atom stereocenters. The van der Waals surface area contributed by atoms with Gasteiger partial charge in [-0.25, -0.2) is 18.5 Å². The van der Waals surface area contributed by atoms with Crippen LogP contribution < -0.4 is 10.5 Å². The maximum Gasteiger partial charge on any atom is 0.247 e. The van der Waals surface area contributed by atoms with Crippen LogP contribution in [0.2, 0.25) is 0 Å². The summed E-state index contributed by atoms with van der Waals surface area (Å²) in [5.74, 6) is -0.197. The van der Waals surface area contributed by atoms with Gasteiger partial charge in [0.25, 0.3) is 0 Å². The van der Waals surface area contributed by atoms with E-state index in [0.717, 1.165) is 26.8 Å². The molecule has 2 heterocycles. The van der Waals surface area contributed by atoms with Crippen LogP contribution in [0, 0.1) is 6.92 Å². The normalized spacial score (nSPS) is 11.5. The van der Waals surface area contributed by atoms with Crippen molar-refractivity contribution >= 4 is 43.7 Å². The molecule has 6 nitrogen and oxygen atoms in total. The predicted molar refractivity (Wildman–Crippen MR) is 75.8 cm³/mol. The van der Waals surface area contributed by atoms with Crippen molar-refractivity contribution in [3.63, 3.8) is 0 Å². The number of carbonyl (C=O) groups excluding carboxylic acids is 1. The molecule has 102 valence electrons. The standard InChI is InChI=1S/C10H11N3O3S3/c1-5-9(18-10(12-5)13-6(2)14)7-3-4-8(17-7)19(11,15)16/h3-4H,1-2H3,(H2,11,15,16)(H,12,13,14). The lowest BCUT2D eigenvalue weighted by atomic mass is 10.3. The molecule has 2 aromatic heterocycles. The zero-order chi connectivity index (χ0) is 14.2. The van der Waals surface area contributed by atoms with Gasteiger partial charge in [-0.05, 0) is 19.1 Å². The molecule has 0 spiro atoms. The largest absolute Gasteiger partial charge is 0.302 e. The second-order valence-corrected chi connectivity index (χ2v) is 7.65. The van der Waals surface area contributed by atoms with E-state index >= 15 is 0 Å². The Labute approximate surface area is 118 Å². The van der Waals surface area contributed by atoms with E-state index < -0.39 is 10.0 Å². The van der Waals surface area contributed by atoms with E-state index in [1.54, 1.807) is 13.0 Å². The second kappa shape index (κ2) is 5.00. The molecule has 0 bridgehead atoms. The van der Waals surface area contributed by atoms with Crippen molar-refractivity contribution in [2.75, 3.05) is 5.32 Å². The highest BCUT2D eigenvalue weighted by Crippen LogP contribution is 2.37. The van der Waals surface area contributed by atoms with Crippen LogP contribution >= 0.6 is 22.7 Å². The fourth-order valence-electron chi connectivity index (χ4n) is 1.42. The number of rotatable bonds is 3. The van der Waals surface area contributed by atoms with Crippen LogP contribution in [0.25, 0.3) is 9.75 Å². The zero-order valence-electron chi connectivity index (χ0n) is 10.1. The van der Waals surface area contributed by atoms with Gasteiger partial charge in [0.2, 0.25) is 15.9 Å². The van der Waals surface area contributed by atoms with Gasteiger partial charge in [-0.2, -0.15) is 0 Å². The van der Waals surface area contributed by atoms with Crippen LogP contribution in [-0.4, -0.2) is 19.3 Å². The van der Waals surface area contributed by atoms with Crippen molar-refractivity contribution < 1.29 is 13.2 Å². The van der Waals surface area contributed by atoms with Gasteiger partial charge in [-0.15, -0.1) is 11.3 Å². The number of anilines is 1. The van der Waals surface area contributed by atoms with Gasteiger partial charge in [0.15, 0.2) is 5.13 Å². The van der Waals surface area contributed by atoms with Crippen LogP contribution in [0.15, 0.2) is 16.3 Å². The Balaban J connectivity index is 2.39. The number of hydrogen-bond acceptors (Lipinski definition) is 6. The minimum absolute atomic E-state index is 0.108. The van der Waals surface area contributed by atoms with Crippen molar-refractivity contribution in [2.45, 2.75) is 18.1 Å². The summed E-state index contributed by atoms with van der Waals surface area (Å²) in [6, 6.07) is 3.15. The van der Waals surface area contributed by atoms with E-state index in [1.165, 1.54) is 24.3 Å². The van der Waals surface area contributed by atoms with Gasteiger partial charge in [0, 0.05) is 11.8 Å². The van der Waals surface area contributed by atoms with Crippen LogP contribution in [0.4, 0.5) is 5.13 Å². The fourth-order valence-corrected chi connectivity index (χ4v) is 4.33. The van der Waals surface area contributed by atoms with Crippen molar-refractivity contribution in [1.82, 2.24) is 4.98 Å². The van der Waals surface area contributed by atoms with E-state index in [0.29, 0.717) is 5.13 Å². The van der Waals surface area contributed by atoms with Gasteiger partial charge in [0.05, 0.1) is 10.6 Å². The number of nitrogens with zero attached hydrogens (tertiary/aromatic N) is 1. The molecule has 0 saturated heterocycles. The molecule has 2 rings (SSSR count). The molecule has 0 aliphatic carbocycles. The quantitative estimate of drug-likeness (QED) is 0.900. The van der Waals surface area contributed by atoms with Gasteiger partial charge in [-0.1, -0.05) is 11.3 Å². The molecule has 0 aliphatic rings. The molecular formula is C10H11N3O3S3. The molecule has 0 fully saturated rings. The zero-order valence-corrected chi connectivity index (χ0v) is 12.6. The van der Waals surface area contributed by atoms with Crippen molar-refractivity contribution in [3.05, 3.63) is 17.8 Å². The van der Waals surface area contributed by atoms with E-state index in [2.05, 4.69) is 10.3 Å². The van der Waals surface area contributed by atoms with Gasteiger partial charge in [-0.3, -0.25) is 4.79 Å². The SMILES string of the molecule is CC(=O)Nc1nc(C)c(-c2ccc(S(N)(=O)=O)s2)s1. The highest BCUT2D eigenvalue weighted by atomic mass is 32.2. The van der Waals surface area contributed by atoms with Crippen LogP contribution in [0.1, 0.15) is 12.6 Å². The molecule has 2 aromatic rings. The number of primary sulfonamides is 1. The van der Waals surface area contributed by atoms with Crippen molar-refractivity contribution in [2.24, 2.45) is 5.14 Å². The number of aromatic nitrogens is 1. The highest BCUT2D eigenvalue weighted by molar-refractivity contribution is 7.91. The van der Waals surface area contributed by atoms with Gasteiger partial charge < -0.3 is 5.32 Å². The summed E-state index contributed by atoms with van der Waals surface area (Å²) in [7, 11) is -3.68. The minimum Gasteiger partial charge on any atom is -0.302 e. The minimum atomic E-state index is -3.68. The van der Waals surface area contributed by atoms with Crippen molar-refractivity contribution in [1.29, 1.82) is 0 Å². The number of sulfonamides is 1. The Morgan fingerprint density at radius 3 is 2.58 bits per heavy atom. The average Bonchev–Trinajstić information content (AvgIpc) is 2.82. The van der Waals surface area contributed by atoms with E-state index in [-0.39, 0.29) is 10.1 Å². The summed E-state index contributed by atoms with van der Waals surface area (Å²) >= 11 is 2.38. The topological polar surface area (TPSA) is 102 Å². The molecule has 0 radical (unpaired) electrons. The first kappa shape index (κ1) is 14.1. The number of thiazole rings is 1. The summed E-state index contributed by atoms with van der Waals surface area (Å²) in [6.45, 7) is 3.20. The third-order valence-electron chi connectivity index (χ3n) is 2.17. The number of hydrogen-bond donors (Lipinski definition) is 2. The Morgan fingerprint density at radius 1 is 1.37 bits per heavy atom. The summed E-state index contributed by atoms with van der Waals surface area (Å²) in [6.07, 6.45) is 0. The summed E-state index contributed by atoms with van der Waals surface area (Å²) < 4.78 is 22.6. The van der Waals surface area contributed by atoms with Crippen LogP contribution in [-0.2, 0) is 14.8 Å². The Bertz CT molecular complexity index is 730. The van der Waals surface area contributed by atoms with Gasteiger partial charge >= 0.3 is 0 Å². The number of carbonyl (C=O) groups is 1. The third-order valence-corrected chi connectivity index (χ3v) is 5.94. The second-order valence-electron chi connectivity index (χ2n) is 3.78. The Kier molecular flexibility index (Phi) is 3.72. The Morgan fingerprint density at radius 2 is 2.05 bits per heavy atom. The highest BCUT2D eigenvalue weighted by Gasteiger charge is 2.16. The molecule has 0 aromatic carbocycles. The van der Waals surface area contributed by atoms with E-state index in [9.17, 15) is 13.2 Å². The molecule has 0 aliphatic heterocycles. The smallest absolute Gasteiger partial charge is 0.247 e. The van der Waals surface area contributed by atoms with Crippen molar-refractivity contribution in [3.8, 4) is 9.75 Å². The molecule has 3 N–H and O–H groups in total. The fraction of sp³-hybridized carbons (Fsp3) is 0.200. The lowest BCUT2D eigenvalue weighted by Crippen LogP contribution is -2.09. The molecule has 19 heavy (non-hydrogen) atoms. The van der Waals surface area contributed by atoms with Crippen LogP contribution in [0.3, 0.4) is 0 Å². The molecular weight excluding hydrogens is 306 g/mol. The first-order chi connectivity index (χ1) is 8.77.